The first-order valence-corrected chi connectivity index (χ1v) is 9.76. The third-order valence-corrected chi connectivity index (χ3v) is 5.22. The molecule has 6 heteroatoms. The van der Waals surface area contributed by atoms with Crippen LogP contribution in [0.4, 0.5) is 5.69 Å². The highest BCUT2D eigenvalue weighted by atomic mass is 16.2. The molecule has 0 atom stereocenters. The van der Waals surface area contributed by atoms with Crippen LogP contribution in [0.1, 0.15) is 18.7 Å². The van der Waals surface area contributed by atoms with Gasteiger partial charge in [0.15, 0.2) is 0 Å². The minimum absolute atomic E-state index is 0.121. The standard InChI is InChI=1S/C22H24N4O2/c27-21(26-15-13-25(14-16-26)17-7-2-1-3-8-17)12-6-11-20-23-19-10-5-4-9-18(19)22(28)24-20/h1-5,7-10H,6,11-16H2,(H,23,24,28). The Hall–Kier alpha value is -3.15. The summed E-state index contributed by atoms with van der Waals surface area (Å²) in [4.78, 5) is 36.2. The van der Waals surface area contributed by atoms with E-state index < -0.39 is 0 Å². The van der Waals surface area contributed by atoms with Gasteiger partial charge in [-0.1, -0.05) is 30.3 Å². The van der Waals surface area contributed by atoms with Crippen molar-refractivity contribution in [3.05, 3.63) is 70.8 Å². The van der Waals surface area contributed by atoms with E-state index in [9.17, 15) is 9.59 Å². The summed E-state index contributed by atoms with van der Waals surface area (Å²) in [6.45, 7) is 3.21. The first kappa shape index (κ1) is 18.2. The molecule has 0 radical (unpaired) electrons. The minimum Gasteiger partial charge on any atom is -0.368 e. The lowest BCUT2D eigenvalue weighted by molar-refractivity contribution is -0.131. The van der Waals surface area contributed by atoms with Crippen molar-refractivity contribution in [2.45, 2.75) is 19.3 Å². The summed E-state index contributed by atoms with van der Waals surface area (Å²) >= 11 is 0. The van der Waals surface area contributed by atoms with Crippen molar-refractivity contribution < 1.29 is 4.79 Å². The largest absolute Gasteiger partial charge is 0.368 e. The highest BCUT2D eigenvalue weighted by Gasteiger charge is 2.20. The van der Waals surface area contributed by atoms with Gasteiger partial charge in [0.2, 0.25) is 5.91 Å². The van der Waals surface area contributed by atoms with Crippen molar-refractivity contribution >= 4 is 22.5 Å². The quantitative estimate of drug-likeness (QED) is 0.743. The fourth-order valence-corrected chi connectivity index (χ4v) is 3.67. The molecule has 28 heavy (non-hydrogen) atoms. The van der Waals surface area contributed by atoms with Crippen molar-refractivity contribution in [3.8, 4) is 0 Å². The van der Waals surface area contributed by atoms with E-state index in [2.05, 4.69) is 27.0 Å². The highest BCUT2D eigenvalue weighted by Crippen LogP contribution is 2.16. The number of carbonyl (C=O) groups is 1. The first-order chi connectivity index (χ1) is 13.7. The van der Waals surface area contributed by atoms with Gasteiger partial charge in [-0.15, -0.1) is 0 Å². The van der Waals surface area contributed by atoms with Gasteiger partial charge in [-0.3, -0.25) is 9.59 Å². The van der Waals surface area contributed by atoms with E-state index in [-0.39, 0.29) is 11.5 Å². The summed E-state index contributed by atoms with van der Waals surface area (Å²) in [6.07, 6.45) is 1.75. The van der Waals surface area contributed by atoms with Gasteiger partial charge in [-0.05, 0) is 30.7 Å². The summed E-state index contributed by atoms with van der Waals surface area (Å²) in [7, 11) is 0. The predicted molar refractivity (Wildman–Crippen MR) is 111 cm³/mol. The fourth-order valence-electron chi connectivity index (χ4n) is 3.67. The number of benzene rings is 2. The zero-order chi connectivity index (χ0) is 19.3. The second-order valence-corrected chi connectivity index (χ2v) is 7.09. The van der Waals surface area contributed by atoms with Crippen LogP contribution in [0, 0.1) is 0 Å². The van der Waals surface area contributed by atoms with Crippen LogP contribution >= 0.6 is 0 Å². The summed E-state index contributed by atoms with van der Waals surface area (Å²) in [5.74, 6) is 0.821. The number of hydrogen-bond donors (Lipinski definition) is 1. The van der Waals surface area contributed by atoms with Gasteiger partial charge in [0, 0.05) is 44.7 Å². The van der Waals surface area contributed by atoms with E-state index in [1.54, 1.807) is 6.07 Å². The summed E-state index contributed by atoms with van der Waals surface area (Å²) in [5.41, 5.74) is 1.79. The SMILES string of the molecule is O=C(CCCc1nc2ccccc2c(=O)[nH]1)N1CCN(c2ccccc2)CC1. The fraction of sp³-hybridized carbons (Fsp3) is 0.318. The average molecular weight is 376 g/mol. The Labute approximate surface area is 163 Å². The lowest BCUT2D eigenvalue weighted by atomic mass is 10.1. The van der Waals surface area contributed by atoms with Crippen LogP contribution in [0.15, 0.2) is 59.4 Å². The third-order valence-electron chi connectivity index (χ3n) is 5.22. The van der Waals surface area contributed by atoms with Crippen LogP contribution in [0.3, 0.4) is 0 Å². The molecular formula is C22H24N4O2. The van der Waals surface area contributed by atoms with Crippen molar-refractivity contribution in [2.75, 3.05) is 31.1 Å². The summed E-state index contributed by atoms with van der Waals surface area (Å²) < 4.78 is 0. The number of piperazine rings is 1. The minimum atomic E-state index is -0.121. The van der Waals surface area contributed by atoms with Gasteiger partial charge in [-0.25, -0.2) is 4.98 Å². The number of amides is 1. The number of nitrogens with zero attached hydrogens (tertiary/aromatic N) is 3. The van der Waals surface area contributed by atoms with Gasteiger partial charge in [0.25, 0.3) is 5.56 Å². The van der Waals surface area contributed by atoms with E-state index in [1.165, 1.54) is 5.69 Å². The summed E-state index contributed by atoms with van der Waals surface area (Å²) in [5, 5.41) is 0.596. The maximum Gasteiger partial charge on any atom is 0.258 e. The molecule has 1 saturated heterocycles. The molecule has 1 aliphatic heterocycles. The predicted octanol–water partition coefficient (Wildman–Crippen LogP) is 2.59. The number of carbonyl (C=O) groups excluding carboxylic acids is 1. The molecule has 144 valence electrons. The number of fused-ring (bicyclic) bond motifs is 1. The molecule has 2 heterocycles. The number of anilines is 1. The zero-order valence-corrected chi connectivity index (χ0v) is 15.8. The second-order valence-electron chi connectivity index (χ2n) is 7.09. The zero-order valence-electron chi connectivity index (χ0n) is 15.8. The molecule has 1 N–H and O–H groups in total. The molecule has 0 spiro atoms. The van der Waals surface area contributed by atoms with Gasteiger partial charge >= 0.3 is 0 Å². The number of hydrogen-bond acceptors (Lipinski definition) is 4. The molecule has 4 rings (SSSR count). The van der Waals surface area contributed by atoms with Crippen LogP contribution in [-0.4, -0.2) is 47.0 Å². The van der Waals surface area contributed by atoms with Gasteiger partial charge in [0.1, 0.15) is 5.82 Å². The smallest absolute Gasteiger partial charge is 0.258 e. The molecular weight excluding hydrogens is 352 g/mol. The first-order valence-electron chi connectivity index (χ1n) is 9.76. The van der Waals surface area contributed by atoms with Crippen molar-refractivity contribution in [2.24, 2.45) is 0 Å². The third kappa shape index (κ3) is 4.06. The number of aromatic amines is 1. The van der Waals surface area contributed by atoms with Crippen LogP contribution in [0.2, 0.25) is 0 Å². The Bertz CT molecular complexity index is 1010. The number of nitrogens with one attached hydrogen (secondary N) is 1. The maximum absolute atomic E-state index is 12.5. The van der Waals surface area contributed by atoms with Gasteiger partial charge < -0.3 is 14.8 Å². The van der Waals surface area contributed by atoms with Crippen molar-refractivity contribution in [3.63, 3.8) is 0 Å². The van der Waals surface area contributed by atoms with E-state index in [0.29, 0.717) is 36.0 Å². The molecule has 0 aliphatic carbocycles. The lowest BCUT2D eigenvalue weighted by Gasteiger charge is -2.36. The van der Waals surface area contributed by atoms with Crippen LogP contribution in [0.5, 0.6) is 0 Å². The normalized spacial score (nSPS) is 14.4. The molecule has 0 bridgehead atoms. The molecule has 3 aromatic rings. The summed E-state index contributed by atoms with van der Waals surface area (Å²) in [6, 6.07) is 17.6. The lowest BCUT2D eigenvalue weighted by Crippen LogP contribution is -2.48. The Morgan fingerprint density at radius 1 is 0.964 bits per heavy atom. The van der Waals surface area contributed by atoms with Crippen molar-refractivity contribution in [1.29, 1.82) is 0 Å². The Morgan fingerprint density at radius 3 is 2.46 bits per heavy atom. The molecule has 1 amide bonds. The monoisotopic (exact) mass is 376 g/mol. The number of H-pyrrole nitrogens is 1. The highest BCUT2D eigenvalue weighted by molar-refractivity contribution is 5.77. The van der Waals surface area contributed by atoms with Gasteiger partial charge in [0.05, 0.1) is 10.9 Å². The van der Waals surface area contributed by atoms with Crippen LogP contribution < -0.4 is 10.5 Å². The molecule has 1 aliphatic rings. The average Bonchev–Trinajstić information content (AvgIpc) is 2.74. The van der Waals surface area contributed by atoms with Crippen LogP contribution in [0.25, 0.3) is 10.9 Å². The van der Waals surface area contributed by atoms with E-state index >= 15 is 0 Å². The molecule has 0 saturated carbocycles. The Morgan fingerprint density at radius 2 is 1.68 bits per heavy atom. The molecule has 0 unspecified atom stereocenters. The number of para-hydroxylation sites is 2. The topological polar surface area (TPSA) is 69.3 Å². The number of aryl methyl sites for hydroxylation is 1. The second kappa shape index (κ2) is 8.25. The molecule has 1 fully saturated rings. The van der Waals surface area contributed by atoms with Gasteiger partial charge in [-0.2, -0.15) is 0 Å². The molecule has 2 aromatic carbocycles. The molecule has 6 nitrogen and oxygen atoms in total. The number of aromatic nitrogens is 2. The molecule has 1 aromatic heterocycles. The van der Waals surface area contributed by atoms with Crippen LogP contribution in [-0.2, 0) is 11.2 Å². The van der Waals surface area contributed by atoms with Crippen molar-refractivity contribution in [1.82, 2.24) is 14.9 Å². The Balaban J connectivity index is 1.28. The van der Waals surface area contributed by atoms with E-state index in [1.807, 2.05) is 41.3 Å². The maximum atomic E-state index is 12.5. The number of rotatable bonds is 5. The Kier molecular flexibility index (Phi) is 5.37. The van der Waals surface area contributed by atoms with E-state index in [0.717, 1.165) is 26.2 Å². The van der Waals surface area contributed by atoms with E-state index in [4.69, 9.17) is 0 Å².